The highest BCUT2D eigenvalue weighted by Crippen LogP contribution is 2.42. The van der Waals surface area contributed by atoms with Crippen molar-refractivity contribution in [2.24, 2.45) is 5.41 Å². The van der Waals surface area contributed by atoms with Gasteiger partial charge in [0.2, 0.25) is 5.95 Å². The van der Waals surface area contributed by atoms with Crippen LogP contribution in [-0.4, -0.2) is 67.4 Å². The number of anilines is 3. The minimum Gasteiger partial charge on any atom is -0.371 e. The topological polar surface area (TPSA) is 97.0 Å². The lowest BCUT2D eigenvalue weighted by Gasteiger charge is -2.46. The standard InChI is InChI=1S/C28H33N9O/c1-3-15-36-25(38)23-20-31-26(33-24(23)37(36)27-29-13-4-14-30-27)32-21-5-7-22(8-6-21)35-18-11-28(12-19-35)9-16-34(2)17-10-28/h3-8,13-14,20H,1,9-12,15-19H2,2H3,(H,31,32,33). The highest BCUT2D eigenvalue weighted by molar-refractivity contribution is 5.76. The molecule has 0 bridgehead atoms. The first-order valence-electron chi connectivity index (χ1n) is 13.2. The molecule has 0 saturated carbocycles. The highest BCUT2D eigenvalue weighted by Gasteiger charge is 2.36. The van der Waals surface area contributed by atoms with E-state index in [1.807, 2.05) is 0 Å². The largest absolute Gasteiger partial charge is 0.371 e. The molecule has 2 aliphatic heterocycles. The van der Waals surface area contributed by atoms with Gasteiger partial charge >= 0.3 is 0 Å². The molecule has 0 atom stereocenters. The van der Waals surface area contributed by atoms with Gasteiger partial charge in [-0.1, -0.05) is 6.08 Å². The number of fused-ring (bicyclic) bond motifs is 1. The predicted molar refractivity (Wildman–Crippen MR) is 149 cm³/mol. The first-order valence-corrected chi connectivity index (χ1v) is 13.2. The summed E-state index contributed by atoms with van der Waals surface area (Å²) in [6.07, 6.45) is 11.7. The fourth-order valence-corrected chi connectivity index (χ4v) is 5.70. The smallest absolute Gasteiger partial charge is 0.278 e. The summed E-state index contributed by atoms with van der Waals surface area (Å²) in [6.45, 7) is 8.74. The van der Waals surface area contributed by atoms with Gasteiger partial charge in [-0.2, -0.15) is 9.67 Å². The second-order valence-electron chi connectivity index (χ2n) is 10.4. The van der Waals surface area contributed by atoms with Crippen molar-refractivity contribution in [2.75, 3.05) is 43.4 Å². The van der Waals surface area contributed by atoms with Gasteiger partial charge in [0, 0.05) is 43.1 Å². The molecule has 1 spiro atoms. The normalized spacial score (nSPS) is 17.7. The molecular weight excluding hydrogens is 478 g/mol. The van der Waals surface area contributed by atoms with E-state index in [1.165, 1.54) is 49.1 Å². The molecule has 5 heterocycles. The average Bonchev–Trinajstić information content (AvgIpc) is 3.22. The molecule has 38 heavy (non-hydrogen) atoms. The van der Waals surface area contributed by atoms with Crippen molar-refractivity contribution < 1.29 is 0 Å². The van der Waals surface area contributed by atoms with E-state index < -0.39 is 0 Å². The third kappa shape index (κ3) is 4.56. The molecule has 0 unspecified atom stereocenters. The molecule has 6 rings (SSSR count). The number of benzene rings is 1. The Bertz CT molecular complexity index is 1470. The Morgan fingerprint density at radius 1 is 1.00 bits per heavy atom. The number of hydrogen-bond acceptors (Lipinski definition) is 8. The maximum atomic E-state index is 13.0. The molecule has 2 aliphatic rings. The fourth-order valence-electron chi connectivity index (χ4n) is 5.70. The van der Waals surface area contributed by atoms with Gasteiger partial charge in [-0.05, 0) is 81.6 Å². The molecule has 1 aromatic carbocycles. The molecule has 0 radical (unpaired) electrons. The van der Waals surface area contributed by atoms with E-state index in [1.54, 1.807) is 35.4 Å². The molecule has 3 aromatic heterocycles. The van der Waals surface area contributed by atoms with Gasteiger partial charge in [0.25, 0.3) is 11.5 Å². The van der Waals surface area contributed by atoms with Crippen LogP contribution in [0.25, 0.3) is 17.0 Å². The zero-order chi connectivity index (χ0) is 26.1. The quantitative estimate of drug-likeness (QED) is 0.392. The molecule has 1 N–H and O–H groups in total. The molecule has 2 fully saturated rings. The summed E-state index contributed by atoms with van der Waals surface area (Å²) in [5.74, 6) is 0.756. The van der Waals surface area contributed by atoms with E-state index in [2.05, 4.69) is 72.9 Å². The van der Waals surface area contributed by atoms with Crippen molar-refractivity contribution >= 4 is 28.4 Å². The van der Waals surface area contributed by atoms with E-state index in [9.17, 15) is 4.79 Å². The van der Waals surface area contributed by atoms with Crippen molar-refractivity contribution in [3.05, 3.63) is 71.9 Å². The predicted octanol–water partition coefficient (Wildman–Crippen LogP) is 3.61. The van der Waals surface area contributed by atoms with Gasteiger partial charge in [-0.25, -0.2) is 19.6 Å². The van der Waals surface area contributed by atoms with Crippen LogP contribution in [0.4, 0.5) is 17.3 Å². The number of rotatable bonds is 6. The summed E-state index contributed by atoms with van der Waals surface area (Å²) in [5, 5.41) is 3.68. The third-order valence-electron chi connectivity index (χ3n) is 8.08. The SMILES string of the molecule is C=CCn1c(=O)c2cnc(Nc3ccc(N4CCC5(CCN(C)CC5)CC4)cc3)nc2n1-c1ncccn1. The van der Waals surface area contributed by atoms with Gasteiger partial charge in [-0.15, -0.1) is 6.58 Å². The Morgan fingerprint density at radius 3 is 2.37 bits per heavy atom. The number of allylic oxidation sites excluding steroid dienone is 1. The minimum absolute atomic E-state index is 0.216. The Hall–Kier alpha value is -4.05. The molecule has 196 valence electrons. The van der Waals surface area contributed by atoms with E-state index in [0.717, 1.165) is 18.8 Å². The van der Waals surface area contributed by atoms with Crippen LogP contribution >= 0.6 is 0 Å². The Balaban J connectivity index is 1.20. The summed E-state index contributed by atoms with van der Waals surface area (Å²) >= 11 is 0. The van der Waals surface area contributed by atoms with Crippen LogP contribution in [0, 0.1) is 5.41 Å². The lowest BCUT2D eigenvalue weighted by atomic mass is 9.71. The number of hydrogen-bond donors (Lipinski definition) is 1. The van der Waals surface area contributed by atoms with Crippen LogP contribution in [0.3, 0.4) is 0 Å². The average molecular weight is 512 g/mol. The molecular formula is C28H33N9O. The van der Waals surface area contributed by atoms with E-state index in [0.29, 0.717) is 34.9 Å². The first kappa shape index (κ1) is 24.3. The van der Waals surface area contributed by atoms with Crippen molar-refractivity contribution in [3.8, 4) is 5.95 Å². The van der Waals surface area contributed by atoms with Gasteiger partial charge in [-0.3, -0.25) is 4.79 Å². The van der Waals surface area contributed by atoms with Crippen molar-refractivity contribution in [3.63, 3.8) is 0 Å². The number of nitrogens with zero attached hydrogens (tertiary/aromatic N) is 8. The molecule has 0 aliphatic carbocycles. The summed E-state index contributed by atoms with van der Waals surface area (Å²) in [5.41, 5.74) is 2.88. The summed E-state index contributed by atoms with van der Waals surface area (Å²) < 4.78 is 3.12. The first-order chi connectivity index (χ1) is 18.5. The van der Waals surface area contributed by atoms with Crippen molar-refractivity contribution in [1.29, 1.82) is 0 Å². The molecule has 10 heteroatoms. The molecule has 2 saturated heterocycles. The number of aromatic nitrogens is 6. The maximum absolute atomic E-state index is 13.0. The molecule has 0 amide bonds. The van der Waals surface area contributed by atoms with Crippen molar-refractivity contribution in [1.82, 2.24) is 34.2 Å². The van der Waals surface area contributed by atoms with E-state index >= 15 is 0 Å². The van der Waals surface area contributed by atoms with Gasteiger partial charge in [0.15, 0.2) is 5.65 Å². The Morgan fingerprint density at radius 2 is 1.68 bits per heavy atom. The Labute approximate surface area is 221 Å². The number of piperidine rings is 2. The van der Waals surface area contributed by atoms with Crippen LogP contribution in [0.15, 0.2) is 66.4 Å². The van der Waals surface area contributed by atoms with E-state index in [4.69, 9.17) is 0 Å². The molecule has 4 aromatic rings. The maximum Gasteiger partial charge on any atom is 0.278 e. The zero-order valence-corrected chi connectivity index (χ0v) is 21.8. The second-order valence-corrected chi connectivity index (χ2v) is 10.4. The highest BCUT2D eigenvalue weighted by atomic mass is 16.1. The van der Waals surface area contributed by atoms with E-state index in [-0.39, 0.29) is 5.56 Å². The van der Waals surface area contributed by atoms with Crippen LogP contribution in [0.1, 0.15) is 25.7 Å². The van der Waals surface area contributed by atoms with Crippen molar-refractivity contribution in [2.45, 2.75) is 32.2 Å². The lowest BCUT2D eigenvalue weighted by molar-refractivity contribution is 0.0945. The third-order valence-corrected chi connectivity index (χ3v) is 8.08. The van der Waals surface area contributed by atoms with Crippen LogP contribution in [0.5, 0.6) is 0 Å². The number of nitrogens with one attached hydrogen (secondary N) is 1. The zero-order valence-electron chi connectivity index (χ0n) is 21.8. The second kappa shape index (κ2) is 10.0. The lowest BCUT2D eigenvalue weighted by Crippen LogP contribution is -2.46. The van der Waals surface area contributed by atoms with Crippen LogP contribution in [-0.2, 0) is 6.54 Å². The monoisotopic (exact) mass is 511 g/mol. The van der Waals surface area contributed by atoms with Crippen LogP contribution < -0.4 is 15.8 Å². The number of likely N-dealkylation sites (tertiary alicyclic amines) is 1. The van der Waals surface area contributed by atoms with Gasteiger partial charge in [0.05, 0.1) is 6.54 Å². The Kier molecular flexibility index (Phi) is 6.40. The molecule has 10 nitrogen and oxygen atoms in total. The fraction of sp³-hybridized carbons (Fsp3) is 0.393. The summed E-state index contributed by atoms with van der Waals surface area (Å²) in [4.78, 5) is 35.7. The van der Waals surface area contributed by atoms with Gasteiger partial charge in [0.1, 0.15) is 5.39 Å². The minimum atomic E-state index is -0.216. The summed E-state index contributed by atoms with van der Waals surface area (Å²) in [6, 6.07) is 10.1. The van der Waals surface area contributed by atoms with Gasteiger partial charge < -0.3 is 15.1 Å². The van der Waals surface area contributed by atoms with Crippen LogP contribution in [0.2, 0.25) is 0 Å². The summed E-state index contributed by atoms with van der Waals surface area (Å²) in [7, 11) is 2.23.